The number of methoxy groups -OCH3 is 2. The van der Waals surface area contributed by atoms with E-state index in [2.05, 4.69) is 50.4 Å². The first-order valence-corrected chi connectivity index (χ1v) is 15.6. The van der Waals surface area contributed by atoms with Gasteiger partial charge in [-0.15, -0.1) is 16.4 Å². The molecule has 10 heteroatoms. The summed E-state index contributed by atoms with van der Waals surface area (Å²) in [5, 5.41) is 6.44. The summed E-state index contributed by atoms with van der Waals surface area (Å²) in [7, 11) is 3.17. The van der Waals surface area contributed by atoms with E-state index in [1.54, 1.807) is 48.3 Å². The highest BCUT2D eigenvalue weighted by Crippen LogP contribution is 2.37. The Labute approximate surface area is 256 Å². The van der Waals surface area contributed by atoms with Crippen LogP contribution in [0, 0.1) is 24.3 Å². The fourth-order valence-electron chi connectivity index (χ4n) is 6.38. The molecule has 1 saturated carbocycles. The third-order valence-corrected chi connectivity index (χ3v) is 9.47. The van der Waals surface area contributed by atoms with Crippen LogP contribution < -0.4 is 19.7 Å². The lowest BCUT2D eigenvalue weighted by atomic mass is 9.75. The first kappa shape index (κ1) is 30.4. The molecular weight excluding hydrogens is 562 g/mol. The standard InChI is InChI=1S/C33H39N5O4S/c1-9-37(10-2)27-14-12-23(43-27)18-25-29(34-6)28(33(39)42-30-20(4)15-19(3)16-21(30)5)32-35-31(36-38(25)32)24-17-22(40-7)11-13-26(24)41-8/h11-14,17-21,30H,9-10,15-16H2,1-5,7-8H3/b25-18+. The molecular formula is C33H39N5O4S. The van der Waals surface area contributed by atoms with Gasteiger partial charge in [0.2, 0.25) is 5.69 Å². The summed E-state index contributed by atoms with van der Waals surface area (Å²) in [6.07, 6.45) is 3.65. The minimum atomic E-state index is -0.541. The van der Waals surface area contributed by atoms with Crippen LogP contribution in [0.25, 0.3) is 28.0 Å². The van der Waals surface area contributed by atoms with E-state index in [1.165, 1.54) is 0 Å². The van der Waals surface area contributed by atoms with Gasteiger partial charge in [-0.25, -0.2) is 19.1 Å². The average Bonchev–Trinajstić information content (AvgIpc) is 3.70. The zero-order valence-corrected chi connectivity index (χ0v) is 26.7. The van der Waals surface area contributed by atoms with Crippen LogP contribution in [-0.4, -0.2) is 54.0 Å². The number of anilines is 1. The van der Waals surface area contributed by atoms with E-state index >= 15 is 0 Å². The van der Waals surface area contributed by atoms with Crippen LogP contribution >= 0.6 is 11.3 Å². The summed E-state index contributed by atoms with van der Waals surface area (Å²) in [6.45, 7) is 20.7. The highest BCUT2D eigenvalue weighted by atomic mass is 32.1. The number of benzene rings is 1. The molecule has 3 heterocycles. The Balaban J connectivity index is 1.69. The van der Waals surface area contributed by atoms with Crippen LogP contribution in [0.4, 0.5) is 10.7 Å². The zero-order chi connectivity index (χ0) is 30.8. The lowest BCUT2D eigenvalue weighted by molar-refractivity contribution is -0.0249. The summed E-state index contributed by atoms with van der Waals surface area (Å²) in [6, 6.07) is 9.50. The monoisotopic (exact) mass is 601 g/mol. The summed E-state index contributed by atoms with van der Waals surface area (Å²) in [5.74, 6) is 2.01. The third kappa shape index (κ3) is 5.78. The highest BCUT2D eigenvalue weighted by Gasteiger charge is 2.36. The molecule has 226 valence electrons. The van der Waals surface area contributed by atoms with Crippen LogP contribution in [-0.2, 0) is 4.74 Å². The number of aromatic nitrogens is 3. The van der Waals surface area contributed by atoms with Gasteiger partial charge in [-0.3, -0.25) is 0 Å². The lowest BCUT2D eigenvalue weighted by Crippen LogP contribution is -2.37. The molecule has 1 fully saturated rings. The van der Waals surface area contributed by atoms with Crippen molar-refractivity contribution in [1.29, 1.82) is 0 Å². The van der Waals surface area contributed by atoms with Crippen molar-refractivity contribution < 1.29 is 19.0 Å². The SMILES string of the molecule is [C-]#[N+]c1c(C(=O)OC2C(C)CC(C)CC2C)c2nc(-c3cc(OC)ccc3OC)nn2/c1=C/c1ccc(N(CC)CC)s1. The van der Waals surface area contributed by atoms with E-state index in [-0.39, 0.29) is 34.8 Å². The number of rotatable bonds is 9. The van der Waals surface area contributed by atoms with Gasteiger partial charge < -0.3 is 19.1 Å². The molecule has 5 rings (SSSR count). The Morgan fingerprint density at radius 1 is 1.12 bits per heavy atom. The van der Waals surface area contributed by atoms with Gasteiger partial charge >= 0.3 is 5.97 Å². The van der Waals surface area contributed by atoms with Gasteiger partial charge in [0.1, 0.15) is 23.2 Å². The number of ether oxygens (including phenoxy) is 3. The number of fused-ring (bicyclic) bond motifs is 1. The van der Waals surface area contributed by atoms with Gasteiger partial charge in [0.25, 0.3) is 0 Å². The number of hydrogen-bond acceptors (Lipinski definition) is 8. The topological polar surface area (TPSA) is 82.5 Å². The molecule has 4 aromatic rings. The first-order valence-electron chi connectivity index (χ1n) is 14.8. The Bertz CT molecular complexity index is 1700. The third-order valence-electron chi connectivity index (χ3n) is 8.38. The van der Waals surface area contributed by atoms with Gasteiger partial charge in [0.15, 0.2) is 11.5 Å². The van der Waals surface area contributed by atoms with Gasteiger partial charge in [-0.2, -0.15) is 0 Å². The predicted octanol–water partition coefficient (Wildman–Crippen LogP) is 6.65. The van der Waals surface area contributed by atoms with Gasteiger partial charge in [-0.05, 0) is 80.9 Å². The average molecular weight is 602 g/mol. The largest absolute Gasteiger partial charge is 0.497 e. The molecule has 9 nitrogen and oxygen atoms in total. The molecule has 0 amide bonds. The number of carbonyl (C=O) groups excluding carboxylic acids is 1. The Morgan fingerprint density at radius 2 is 1.84 bits per heavy atom. The van der Waals surface area contributed by atoms with Crippen molar-refractivity contribution in [2.45, 2.75) is 53.6 Å². The van der Waals surface area contributed by atoms with E-state index in [9.17, 15) is 4.79 Å². The fourth-order valence-corrected chi connectivity index (χ4v) is 7.45. The van der Waals surface area contributed by atoms with Crippen molar-refractivity contribution in [3.8, 4) is 22.9 Å². The second kappa shape index (κ2) is 12.6. The quantitative estimate of drug-likeness (QED) is 0.157. The molecule has 1 aliphatic rings. The molecule has 1 aliphatic carbocycles. The van der Waals surface area contributed by atoms with Crippen LogP contribution in [0.3, 0.4) is 0 Å². The van der Waals surface area contributed by atoms with Crippen LogP contribution in [0.15, 0.2) is 30.3 Å². The minimum absolute atomic E-state index is 0.139. The molecule has 2 atom stereocenters. The summed E-state index contributed by atoms with van der Waals surface area (Å²) >= 11 is 1.63. The number of hydrogen-bond donors (Lipinski definition) is 0. The van der Waals surface area contributed by atoms with E-state index in [1.807, 2.05) is 12.1 Å². The van der Waals surface area contributed by atoms with Crippen molar-refractivity contribution in [2.24, 2.45) is 17.8 Å². The van der Waals surface area contributed by atoms with E-state index < -0.39 is 5.97 Å². The van der Waals surface area contributed by atoms with E-state index in [0.717, 1.165) is 35.8 Å². The van der Waals surface area contributed by atoms with Crippen LogP contribution in [0.2, 0.25) is 0 Å². The summed E-state index contributed by atoms with van der Waals surface area (Å²) in [4.78, 5) is 25.8. The maximum Gasteiger partial charge on any atom is 0.331 e. The summed E-state index contributed by atoms with van der Waals surface area (Å²) < 4.78 is 18.8. The minimum Gasteiger partial charge on any atom is -0.497 e. The van der Waals surface area contributed by atoms with Crippen molar-refractivity contribution in [3.05, 3.63) is 57.5 Å². The van der Waals surface area contributed by atoms with E-state index in [0.29, 0.717) is 34.2 Å². The van der Waals surface area contributed by atoms with Crippen LogP contribution in [0.1, 0.15) is 62.7 Å². The second-order valence-corrected chi connectivity index (χ2v) is 12.4. The molecule has 0 N–H and O–H groups in total. The lowest BCUT2D eigenvalue weighted by Gasteiger charge is -2.37. The Kier molecular flexibility index (Phi) is 8.92. The maximum absolute atomic E-state index is 14.0. The number of nitrogens with zero attached hydrogens (tertiary/aromatic N) is 5. The van der Waals surface area contributed by atoms with Crippen molar-refractivity contribution in [1.82, 2.24) is 14.6 Å². The van der Waals surface area contributed by atoms with Gasteiger partial charge in [0, 0.05) is 18.0 Å². The van der Waals surface area contributed by atoms with Gasteiger partial charge in [-0.1, -0.05) is 20.8 Å². The Hall–Kier alpha value is -4.10. The smallest absolute Gasteiger partial charge is 0.331 e. The van der Waals surface area contributed by atoms with Crippen molar-refractivity contribution in [3.63, 3.8) is 0 Å². The molecule has 0 saturated heterocycles. The molecule has 0 aliphatic heterocycles. The molecule has 0 radical (unpaired) electrons. The molecule has 0 bridgehead atoms. The Morgan fingerprint density at radius 3 is 2.47 bits per heavy atom. The molecule has 43 heavy (non-hydrogen) atoms. The van der Waals surface area contributed by atoms with Gasteiger partial charge in [0.05, 0.1) is 36.7 Å². The molecule has 0 spiro atoms. The molecule has 2 unspecified atom stereocenters. The van der Waals surface area contributed by atoms with E-state index in [4.69, 9.17) is 30.9 Å². The van der Waals surface area contributed by atoms with Crippen LogP contribution in [0.5, 0.6) is 11.5 Å². The number of carbonyl (C=O) groups is 1. The molecule has 3 aromatic heterocycles. The first-order chi connectivity index (χ1) is 20.7. The predicted molar refractivity (Wildman–Crippen MR) is 170 cm³/mol. The highest BCUT2D eigenvalue weighted by molar-refractivity contribution is 7.16. The number of thiophene rings is 1. The maximum atomic E-state index is 14.0. The zero-order valence-electron chi connectivity index (χ0n) is 25.9. The number of esters is 1. The van der Waals surface area contributed by atoms with Crippen molar-refractivity contribution in [2.75, 3.05) is 32.2 Å². The molecule has 1 aromatic carbocycles. The summed E-state index contributed by atoms with van der Waals surface area (Å²) in [5.41, 5.74) is 1.22. The van der Waals surface area contributed by atoms with Crippen molar-refractivity contribution >= 4 is 39.7 Å². The normalized spacial score (nSPS) is 20.7. The fraction of sp³-hybridized carbons (Fsp3) is 0.455. The second-order valence-electron chi connectivity index (χ2n) is 11.4.